The Hall–Kier alpha value is -2.56. The lowest BCUT2D eigenvalue weighted by atomic mass is 10.1. The van der Waals surface area contributed by atoms with E-state index in [0.29, 0.717) is 18.0 Å². The molecule has 0 fully saturated rings. The van der Waals surface area contributed by atoms with Crippen LogP contribution in [0.1, 0.15) is 11.1 Å². The van der Waals surface area contributed by atoms with Crippen LogP contribution in [0.25, 0.3) is 0 Å². The van der Waals surface area contributed by atoms with Gasteiger partial charge in [0.2, 0.25) is 5.91 Å². The van der Waals surface area contributed by atoms with E-state index in [0.717, 1.165) is 11.1 Å². The van der Waals surface area contributed by atoms with E-state index >= 15 is 0 Å². The number of likely N-dealkylation sites (N-methyl/N-ethyl adjacent to an activating group) is 1. The molecule has 0 aliphatic rings. The van der Waals surface area contributed by atoms with Crippen molar-refractivity contribution in [1.29, 1.82) is 0 Å². The van der Waals surface area contributed by atoms with Crippen LogP contribution in [0.2, 0.25) is 0 Å². The Morgan fingerprint density at radius 2 is 1.78 bits per heavy atom. The molecule has 0 aliphatic carbocycles. The highest BCUT2D eigenvalue weighted by Crippen LogP contribution is 2.24. The molecule has 2 aromatic rings. The topological polar surface area (TPSA) is 38.8 Å². The third kappa shape index (κ3) is 4.45. The van der Waals surface area contributed by atoms with E-state index in [4.69, 9.17) is 9.47 Å². The minimum absolute atomic E-state index is 0.0547. The fourth-order valence-electron chi connectivity index (χ4n) is 2.27. The number of ether oxygens (including phenoxy) is 2. The summed E-state index contributed by atoms with van der Waals surface area (Å²) in [6, 6.07) is 11.5. The zero-order valence-electron chi connectivity index (χ0n) is 13.5. The molecule has 0 unspecified atom stereocenters. The average molecular weight is 317 g/mol. The van der Waals surface area contributed by atoms with Crippen LogP contribution in [0, 0.1) is 5.82 Å². The molecule has 2 rings (SSSR count). The highest BCUT2D eigenvalue weighted by molar-refractivity contribution is 5.79. The fourth-order valence-corrected chi connectivity index (χ4v) is 2.27. The second-order valence-corrected chi connectivity index (χ2v) is 5.23. The van der Waals surface area contributed by atoms with Gasteiger partial charge in [-0.3, -0.25) is 4.79 Å². The van der Waals surface area contributed by atoms with E-state index in [2.05, 4.69) is 0 Å². The van der Waals surface area contributed by atoms with Crippen molar-refractivity contribution in [3.05, 3.63) is 59.4 Å². The van der Waals surface area contributed by atoms with Gasteiger partial charge in [-0.25, -0.2) is 4.39 Å². The molecule has 0 aliphatic heterocycles. The number of carbonyl (C=O) groups is 1. The van der Waals surface area contributed by atoms with Crippen molar-refractivity contribution in [3.63, 3.8) is 0 Å². The maximum absolute atomic E-state index is 12.9. The van der Waals surface area contributed by atoms with Gasteiger partial charge in [-0.15, -0.1) is 0 Å². The highest BCUT2D eigenvalue weighted by atomic mass is 19.1. The average Bonchev–Trinajstić information content (AvgIpc) is 2.56. The number of hydrogen-bond acceptors (Lipinski definition) is 3. The van der Waals surface area contributed by atoms with Gasteiger partial charge in [0.05, 0.1) is 20.6 Å². The zero-order chi connectivity index (χ0) is 16.8. The summed E-state index contributed by atoms with van der Waals surface area (Å²) in [6.07, 6.45) is 0.206. The molecule has 0 atom stereocenters. The predicted octanol–water partition coefficient (Wildman–Crippen LogP) is 3.04. The van der Waals surface area contributed by atoms with Gasteiger partial charge in [0.25, 0.3) is 0 Å². The minimum atomic E-state index is -0.288. The van der Waals surface area contributed by atoms with E-state index in [-0.39, 0.29) is 18.1 Å². The molecule has 0 spiro atoms. The molecule has 0 bridgehead atoms. The standard InChI is InChI=1S/C18H20FNO3/c1-20(12-13-4-6-15(19)7-5-13)18(21)11-14-10-16(22-2)8-9-17(14)23-3/h4-10H,11-12H2,1-3H3. The SMILES string of the molecule is COc1ccc(OC)c(CC(=O)N(C)Cc2ccc(F)cc2)c1. The van der Waals surface area contributed by atoms with Crippen LogP contribution in [-0.4, -0.2) is 32.1 Å². The van der Waals surface area contributed by atoms with Crippen molar-refractivity contribution >= 4 is 5.91 Å². The largest absolute Gasteiger partial charge is 0.497 e. The Labute approximate surface area is 135 Å². The maximum atomic E-state index is 12.9. The number of nitrogens with zero attached hydrogens (tertiary/aromatic N) is 1. The van der Waals surface area contributed by atoms with Crippen molar-refractivity contribution in [2.75, 3.05) is 21.3 Å². The van der Waals surface area contributed by atoms with Crippen molar-refractivity contribution in [1.82, 2.24) is 4.90 Å². The molecule has 0 saturated heterocycles. The van der Waals surface area contributed by atoms with Gasteiger partial charge >= 0.3 is 0 Å². The smallest absolute Gasteiger partial charge is 0.227 e. The Balaban J connectivity index is 2.07. The lowest BCUT2D eigenvalue weighted by Gasteiger charge is -2.18. The summed E-state index contributed by atoms with van der Waals surface area (Å²) >= 11 is 0. The van der Waals surface area contributed by atoms with Crippen molar-refractivity contribution in [3.8, 4) is 11.5 Å². The first kappa shape index (κ1) is 16.8. The van der Waals surface area contributed by atoms with Crippen LogP contribution in [0.4, 0.5) is 4.39 Å². The second-order valence-electron chi connectivity index (χ2n) is 5.23. The summed E-state index contributed by atoms with van der Waals surface area (Å²) in [5, 5.41) is 0. The van der Waals surface area contributed by atoms with Gasteiger partial charge in [0.1, 0.15) is 17.3 Å². The summed E-state index contributed by atoms with van der Waals surface area (Å²) in [6.45, 7) is 0.422. The number of carbonyl (C=O) groups excluding carboxylic acids is 1. The van der Waals surface area contributed by atoms with E-state index in [9.17, 15) is 9.18 Å². The Bertz CT molecular complexity index is 670. The molecule has 0 radical (unpaired) electrons. The van der Waals surface area contributed by atoms with E-state index in [1.165, 1.54) is 12.1 Å². The summed E-state index contributed by atoms with van der Waals surface area (Å²) in [7, 11) is 4.87. The molecule has 122 valence electrons. The quantitative estimate of drug-likeness (QED) is 0.822. The third-order valence-corrected chi connectivity index (χ3v) is 3.59. The van der Waals surface area contributed by atoms with Gasteiger partial charge in [-0.1, -0.05) is 12.1 Å². The first-order chi connectivity index (χ1) is 11.0. The Morgan fingerprint density at radius 3 is 2.39 bits per heavy atom. The number of halogens is 1. The minimum Gasteiger partial charge on any atom is -0.497 e. The summed E-state index contributed by atoms with van der Waals surface area (Å²) in [4.78, 5) is 14.0. The van der Waals surface area contributed by atoms with Crippen LogP contribution in [0.3, 0.4) is 0 Å². The van der Waals surface area contributed by atoms with Gasteiger partial charge in [-0.2, -0.15) is 0 Å². The maximum Gasteiger partial charge on any atom is 0.227 e. The van der Waals surface area contributed by atoms with Crippen LogP contribution in [-0.2, 0) is 17.8 Å². The normalized spacial score (nSPS) is 10.3. The number of methoxy groups -OCH3 is 2. The fraction of sp³-hybridized carbons (Fsp3) is 0.278. The van der Waals surface area contributed by atoms with Crippen molar-refractivity contribution < 1.29 is 18.7 Å². The molecular weight excluding hydrogens is 297 g/mol. The molecule has 0 N–H and O–H groups in total. The molecule has 4 nitrogen and oxygen atoms in total. The van der Waals surface area contributed by atoms with Crippen molar-refractivity contribution in [2.24, 2.45) is 0 Å². The first-order valence-corrected chi connectivity index (χ1v) is 7.22. The lowest BCUT2D eigenvalue weighted by Crippen LogP contribution is -2.27. The molecule has 0 saturated carbocycles. The molecule has 0 aromatic heterocycles. The van der Waals surface area contributed by atoms with Crippen LogP contribution in [0.5, 0.6) is 11.5 Å². The molecule has 5 heteroatoms. The van der Waals surface area contributed by atoms with Crippen LogP contribution >= 0.6 is 0 Å². The molecule has 0 heterocycles. The first-order valence-electron chi connectivity index (χ1n) is 7.22. The highest BCUT2D eigenvalue weighted by Gasteiger charge is 2.14. The van der Waals surface area contributed by atoms with E-state index < -0.39 is 0 Å². The zero-order valence-corrected chi connectivity index (χ0v) is 13.5. The summed E-state index contributed by atoms with van der Waals surface area (Å²) in [5.41, 5.74) is 1.64. The number of amides is 1. The predicted molar refractivity (Wildman–Crippen MR) is 86.1 cm³/mol. The van der Waals surface area contributed by atoms with Crippen LogP contribution in [0.15, 0.2) is 42.5 Å². The van der Waals surface area contributed by atoms with E-state index in [1.54, 1.807) is 56.5 Å². The Morgan fingerprint density at radius 1 is 1.09 bits per heavy atom. The van der Waals surface area contributed by atoms with Crippen molar-refractivity contribution in [2.45, 2.75) is 13.0 Å². The molecular formula is C18H20FNO3. The van der Waals surface area contributed by atoms with Gasteiger partial charge in [0.15, 0.2) is 0 Å². The van der Waals surface area contributed by atoms with Crippen LogP contribution < -0.4 is 9.47 Å². The summed E-state index contributed by atoms with van der Waals surface area (Å²) < 4.78 is 23.4. The number of hydrogen-bond donors (Lipinski definition) is 0. The molecule has 1 amide bonds. The third-order valence-electron chi connectivity index (χ3n) is 3.59. The summed E-state index contributed by atoms with van der Waals surface area (Å²) in [5.74, 6) is 0.980. The van der Waals surface area contributed by atoms with Gasteiger partial charge in [0, 0.05) is 19.2 Å². The monoisotopic (exact) mass is 317 g/mol. The molecule has 23 heavy (non-hydrogen) atoms. The van der Waals surface area contributed by atoms with Gasteiger partial charge in [-0.05, 0) is 35.9 Å². The number of rotatable bonds is 6. The second kappa shape index (κ2) is 7.63. The number of benzene rings is 2. The lowest BCUT2D eigenvalue weighted by molar-refractivity contribution is -0.129. The van der Waals surface area contributed by atoms with E-state index in [1.807, 2.05) is 0 Å². The molecule has 2 aromatic carbocycles. The van der Waals surface area contributed by atoms with Gasteiger partial charge < -0.3 is 14.4 Å². The Kier molecular flexibility index (Phi) is 5.57.